The van der Waals surface area contributed by atoms with E-state index in [1.54, 1.807) is 4.90 Å². The van der Waals surface area contributed by atoms with Crippen LogP contribution in [-0.4, -0.2) is 31.9 Å². The Bertz CT molecular complexity index is 1080. The maximum Gasteiger partial charge on any atom is 0.420 e. The standard InChI is InChI=1S/C24H27F3N4O/c1-2-3-4-5-8-17-11-13-18(14-12-17)23(32)30-15-7-10-20(30)22-29-28-21-19(24(25,26)27)9-6-16-31(21)22/h6,9,11-14,16,20H,2-5,7-8,10,15H2,1H3. The average Bonchev–Trinajstić information content (AvgIpc) is 3.42. The second kappa shape index (κ2) is 9.30. The van der Waals surface area contributed by atoms with Crippen LogP contribution in [0.3, 0.4) is 0 Å². The van der Waals surface area contributed by atoms with Crippen LogP contribution in [-0.2, 0) is 12.6 Å². The van der Waals surface area contributed by atoms with Crippen molar-refractivity contribution in [3.63, 3.8) is 0 Å². The molecule has 1 aliphatic heterocycles. The number of aryl methyl sites for hydroxylation is 1. The van der Waals surface area contributed by atoms with E-state index >= 15 is 0 Å². The lowest BCUT2D eigenvalue weighted by atomic mass is 10.0. The normalized spacial score (nSPS) is 16.8. The number of carbonyl (C=O) groups is 1. The summed E-state index contributed by atoms with van der Waals surface area (Å²) in [5.41, 5.74) is 0.726. The number of hydrogen-bond donors (Lipinski definition) is 0. The summed E-state index contributed by atoms with van der Waals surface area (Å²) in [6, 6.07) is 9.60. The number of likely N-dealkylation sites (tertiary alicyclic amines) is 1. The molecule has 4 rings (SSSR count). The van der Waals surface area contributed by atoms with Crippen LogP contribution >= 0.6 is 0 Å². The first-order valence-electron chi connectivity index (χ1n) is 11.2. The number of alkyl halides is 3. The second-order valence-corrected chi connectivity index (χ2v) is 8.34. The van der Waals surface area contributed by atoms with E-state index in [1.807, 2.05) is 24.3 Å². The molecule has 1 amide bonds. The Morgan fingerprint density at radius 3 is 2.59 bits per heavy atom. The zero-order valence-electron chi connectivity index (χ0n) is 18.1. The van der Waals surface area contributed by atoms with Gasteiger partial charge in [-0.15, -0.1) is 10.2 Å². The highest BCUT2D eigenvalue weighted by Crippen LogP contribution is 2.36. The second-order valence-electron chi connectivity index (χ2n) is 8.34. The molecule has 170 valence electrons. The Hall–Kier alpha value is -2.90. The van der Waals surface area contributed by atoms with E-state index in [9.17, 15) is 18.0 Å². The van der Waals surface area contributed by atoms with Gasteiger partial charge in [0, 0.05) is 18.3 Å². The van der Waals surface area contributed by atoms with Crippen molar-refractivity contribution >= 4 is 11.6 Å². The van der Waals surface area contributed by atoms with Gasteiger partial charge < -0.3 is 4.90 Å². The molecule has 1 unspecified atom stereocenters. The molecule has 32 heavy (non-hydrogen) atoms. The van der Waals surface area contributed by atoms with Crippen LogP contribution in [0.25, 0.3) is 5.65 Å². The van der Waals surface area contributed by atoms with Gasteiger partial charge in [-0.1, -0.05) is 38.3 Å². The van der Waals surface area contributed by atoms with E-state index in [0.29, 0.717) is 24.4 Å². The molecule has 8 heteroatoms. The van der Waals surface area contributed by atoms with Gasteiger partial charge in [0.25, 0.3) is 5.91 Å². The van der Waals surface area contributed by atoms with Crippen molar-refractivity contribution < 1.29 is 18.0 Å². The van der Waals surface area contributed by atoms with E-state index in [1.165, 1.54) is 41.5 Å². The summed E-state index contributed by atoms with van der Waals surface area (Å²) >= 11 is 0. The highest BCUT2D eigenvalue weighted by molar-refractivity contribution is 5.94. The van der Waals surface area contributed by atoms with E-state index in [4.69, 9.17) is 0 Å². The third-order valence-electron chi connectivity index (χ3n) is 6.10. The Morgan fingerprint density at radius 1 is 1.09 bits per heavy atom. The number of nitrogens with zero attached hydrogens (tertiary/aromatic N) is 4. The van der Waals surface area contributed by atoms with Gasteiger partial charge in [-0.05, 0) is 55.5 Å². The van der Waals surface area contributed by atoms with E-state index in [-0.39, 0.29) is 11.6 Å². The van der Waals surface area contributed by atoms with Crippen LogP contribution < -0.4 is 0 Å². The van der Waals surface area contributed by atoms with Crippen LogP contribution in [0.15, 0.2) is 42.6 Å². The van der Waals surface area contributed by atoms with Crippen LogP contribution in [0.1, 0.15) is 78.8 Å². The number of halogens is 3. The Labute approximate surface area is 185 Å². The maximum atomic E-state index is 13.3. The number of pyridine rings is 1. The Kier molecular flexibility index (Phi) is 6.48. The summed E-state index contributed by atoms with van der Waals surface area (Å²) in [4.78, 5) is 14.9. The summed E-state index contributed by atoms with van der Waals surface area (Å²) in [5, 5.41) is 7.86. The number of fused-ring (bicyclic) bond motifs is 1. The topological polar surface area (TPSA) is 50.5 Å². The van der Waals surface area contributed by atoms with Crippen molar-refractivity contribution in [1.29, 1.82) is 0 Å². The minimum atomic E-state index is -4.52. The van der Waals surface area contributed by atoms with Gasteiger partial charge in [-0.3, -0.25) is 9.20 Å². The Morgan fingerprint density at radius 2 is 1.88 bits per heavy atom. The summed E-state index contributed by atoms with van der Waals surface area (Å²) < 4.78 is 41.4. The molecule has 2 aromatic heterocycles. The smallest absolute Gasteiger partial charge is 0.328 e. The molecule has 3 aromatic rings. The molecule has 1 aliphatic rings. The summed E-state index contributed by atoms with van der Waals surface area (Å²) in [6.45, 7) is 2.72. The number of carbonyl (C=O) groups excluding carboxylic acids is 1. The van der Waals surface area contributed by atoms with E-state index in [0.717, 1.165) is 25.3 Å². The maximum absolute atomic E-state index is 13.3. The fourth-order valence-corrected chi connectivity index (χ4v) is 4.40. The first-order chi connectivity index (χ1) is 15.4. The van der Waals surface area contributed by atoms with E-state index < -0.39 is 17.8 Å². The predicted molar refractivity (Wildman–Crippen MR) is 115 cm³/mol. The largest absolute Gasteiger partial charge is 0.420 e. The van der Waals surface area contributed by atoms with Crippen molar-refractivity contribution in [1.82, 2.24) is 19.5 Å². The van der Waals surface area contributed by atoms with Crippen molar-refractivity contribution in [2.24, 2.45) is 0 Å². The quantitative estimate of drug-likeness (QED) is 0.430. The molecule has 1 fully saturated rings. The number of aromatic nitrogens is 3. The molecule has 1 saturated heterocycles. The SMILES string of the molecule is CCCCCCc1ccc(C(=O)N2CCCC2c2nnc3c(C(F)(F)F)cccn23)cc1. The fourth-order valence-electron chi connectivity index (χ4n) is 4.40. The molecule has 0 spiro atoms. The minimum Gasteiger partial charge on any atom is -0.328 e. The van der Waals surface area contributed by atoms with Crippen LogP contribution in [0.5, 0.6) is 0 Å². The lowest BCUT2D eigenvalue weighted by Gasteiger charge is -2.24. The molecule has 0 radical (unpaired) electrons. The molecule has 1 atom stereocenters. The highest BCUT2D eigenvalue weighted by Gasteiger charge is 2.37. The number of rotatable bonds is 7. The van der Waals surface area contributed by atoms with Crippen molar-refractivity contribution in [2.45, 2.75) is 64.1 Å². The van der Waals surface area contributed by atoms with E-state index in [2.05, 4.69) is 17.1 Å². The molecule has 0 N–H and O–H groups in total. The van der Waals surface area contributed by atoms with Gasteiger partial charge in [0.1, 0.15) is 5.56 Å². The molecule has 5 nitrogen and oxygen atoms in total. The third-order valence-corrected chi connectivity index (χ3v) is 6.10. The molecule has 1 aromatic carbocycles. The van der Waals surface area contributed by atoms with Gasteiger partial charge in [0.05, 0.1) is 6.04 Å². The summed E-state index contributed by atoms with van der Waals surface area (Å²) in [5.74, 6) is 0.234. The molecule has 0 aliphatic carbocycles. The lowest BCUT2D eigenvalue weighted by molar-refractivity contribution is -0.136. The zero-order valence-corrected chi connectivity index (χ0v) is 18.1. The Balaban J connectivity index is 1.53. The van der Waals surface area contributed by atoms with Crippen molar-refractivity contribution in [3.8, 4) is 0 Å². The monoisotopic (exact) mass is 444 g/mol. The number of hydrogen-bond acceptors (Lipinski definition) is 3. The molecule has 0 saturated carbocycles. The van der Waals surface area contributed by atoms with Crippen LogP contribution in [0.4, 0.5) is 13.2 Å². The lowest BCUT2D eigenvalue weighted by Crippen LogP contribution is -2.31. The predicted octanol–water partition coefficient (Wildman–Crippen LogP) is 5.85. The average molecular weight is 445 g/mol. The molecular formula is C24H27F3N4O. The molecular weight excluding hydrogens is 417 g/mol. The highest BCUT2D eigenvalue weighted by atomic mass is 19.4. The number of unbranched alkanes of at least 4 members (excludes halogenated alkanes) is 3. The van der Waals surface area contributed by atoms with Crippen LogP contribution in [0.2, 0.25) is 0 Å². The summed E-state index contributed by atoms with van der Waals surface area (Å²) in [6.07, 6.45) is 4.17. The van der Waals surface area contributed by atoms with Crippen molar-refractivity contribution in [2.75, 3.05) is 6.54 Å². The van der Waals surface area contributed by atoms with Gasteiger partial charge >= 0.3 is 6.18 Å². The minimum absolute atomic E-state index is 0.131. The number of benzene rings is 1. The van der Waals surface area contributed by atoms with Crippen LogP contribution in [0, 0.1) is 0 Å². The van der Waals surface area contributed by atoms with Gasteiger partial charge in [0.2, 0.25) is 0 Å². The summed E-state index contributed by atoms with van der Waals surface area (Å²) in [7, 11) is 0. The first kappa shape index (κ1) is 22.3. The first-order valence-corrected chi connectivity index (χ1v) is 11.2. The van der Waals surface area contributed by atoms with Gasteiger partial charge in [0.15, 0.2) is 11.5 Å². The zero-order chi connectivity index (χ0) is 22.7. The van der Waals surface area contributed by atoms with Gasteiger partial charge in [-0.2, -0.15) is 13.2 Å². The molecule has 0 bridgehead atoms. The molecule has 3 heterocycles. The third kappa shape index (κ3) is 4.49. The number of amides is 1. The van der Waals surface area contributed by atoms with Crippen molar-refractivity contribution in [3.05, 3.63) is 65.1 Å². The fraction of sp³-hybridized carbons (Fsp3) is 0.458. The van der Waals surface area contributed by atoms with Gasteiger partial charge in [-0.25, -0.2) is 0 Å².